The highest BCUT2D eigenvalue weighted by molar-refractivity contribution is 5.91. The second-order valence-corrected chi connectivity index (χ2v) is 7.61. The molecule has 2 heterocycles. The van der Waals surface area contributed by atoms with E-state index in [9.17, 15) is 0 Å². The summed E-state index contributed by atoms with van der Waals surface area (Å²) in [5.74, 6) is 6.65. The fourth-order valence-corrected chi connectivity index (χ4v) is 3.85. The van der Waals surface area contributed by atoms with Gasteiger partial charge in [-0.2, -0.15) is 5.21 Å². The van der Waals surface area contributed by atoms with Gasteiger partial charge in [0.15, 0.2) is 0 Å². The molecule has 0 fully saturated rings. The molecule has 0 aliphatic heterocycles. The van der Waals surface area contributed by atoms with Gasteiger partial charge in [0.05, 0.1) is 17.6 Å². The van der Waals surface area contributed by atoms with Crippen molar-refractivity contribution in [3.8, 4) is 34.4 Å². The number of pyridine rings is 1. The Balaban J connectivity index is 1.38. The second-order valence-electron chi connectivity index (χ2n) is 7.61. The number of anilines is 1. The van der Waals surface area contributed by atoms with Crippen molar-refractivity contribution in [1.82, 2.24) is 25.6 Å². The lowest BCUT2D eigenvalue weighted by atomic mass is 9.98. The molecule has 0 saturated carbocycles. The molecule has 33 heavy (non-hydrogen) atoms. The van der Waals surface area contributed by atoms with Crippen LogP contribution in [0.25, 0.3) is 33.4 Å². The van der Waals surface area contributed by atoms with Crippen LogP contribution >= 0.6 is 0 Å². The molecule has 6 nitrogen and oxygen atoms in total. The maximum atomic E-state index is 4.74. The van der Waals surface area contributed by atoms with Gasteiger partial charge in [-0.3, -0.25) is 4.98 Å². The standard InChI is InChI=1S/C27H22N6/c1-2-3-8-21-17-26(24-11-6-7-12-25(24)29-21)28-18-19-13-15-20(16-14-19)22-9-4-5-10-23(22)27-30-32-33-31-27/h4-7,9-17H,8,18H2,1H3,(H,28,29)(H,30,31,32,33). The first-order valence-electron chi connectivity index (χ1n) is 10.8. The summed E-state index contributed by atoms with van der Waals surface area (Å²) in [6, 6.07) is 26.9. The molecule has 0 atom stereocenters. The fraction of sp³-hybridized carbons (Fsp3) is 0.111. The molecule has 0 radical (unpaired) electrons. The Hall–Kier alpha value is -4.50. The van der Waals surface area contributed by atoms with Gasteiger partial charge in [-0.25, -0.2) is 0 Å². The summed E-state index contributed by atoms with van der Waals surface area (Å²) < 4.78 is 0. The monoisotopic (exact) mass is 430 g/mol. The number of para-hydroxylation sites is 1. The number of tetrazole rings is 1. The lowest BCUT2D eigenvalue weighted by Gasteiger charge is -2.12. The van der Waals surface area contributed by atoms with Crippen molar-refractivity contribution in [2.75, 3.05) is 5.32 Å². The Morgan fingerprint density at radius 3 is 2.48 bits per heavy atom. The zero-order valence-corrected chi connectivity index (χ0v) is 18.2. The van der Waals surface area contributed by atoms with Gasteiger partial charge in [0.1, 0.15) is 0 Å². The van der Waals surface area contributed by atoms with Crippen molar-refractivity contribution < 1.29 is 0 Å². The van der Waals surface area contributed by atoms with Crippen LogP contribution in [0.15, 0.2) is 78.9 Å². The summed E-state index contributed by atoms with van der Waals surface area (Å²) in [6.07, 6.45) is 0.643. The van der Waals surface area contributed by atoms with Crippen LogP contribution in [0.3, 0.4) is 0 Å². The highest BCUT2D eigenvalue weighted by Crippen LogP contribution is 2.30. The number of aromatic nitrogens is 5. The molecule has 6 heteroatoms. The maximum Gasteiger partial charge on any atom is 0.205 e. The average Bonchev–Trinajstić information content (AvgIpc) is 3.41. The molecule has 0 aliphatic rings. The van der Waals surface area contributed by atoms with Gasteiger partial charge in [-0.05, 0) is 41.0 Å². The van der Waals surface area contributed by atoms with Crippen LogP contribution in [0.1, 0.15) is 18.2 Å². The third-order valence-corrected chi connectivity index (χ3v) is 5.48. The fourth-order valence-electron chi connectivity index (χ4n) is 3.85. The first-order valence-corrected chi connectivity index (χ1v) is 10.8. The molecule has 0 bridgehead atoms. The third-order valence-electron chi connectivity index (χ3n) is 5.48. The van der Waals surface area contributed by atoms with E-state index in [4.69, 9.17) is 4.98 Å². The molecule has 2 aromatic heterocycles. The van der Waals surface area contributed by atoms with Crippen molar-refractivity contribution in [2.24, 2.45) is 0 Å². The topological polar surface area (TPSA) is 79.4 Å². The Morgan fingerprint density at radius 2 is 1.70 bits per heavy atom. The number of hydrogen-bond acceptors (Lipinski definition) is 5. The highest BCUT2D eigenvalue weighted by atomic mass is 15.5. The van der Waals surface area contributed by atoms with E-state index in [2.05, 4.69) is 80.2 Å². The quantitative estimate of drug-likeness (QED) is 0.359. The summed E-state index contributed by atoms with van der Waals surface area (Å²) in [5.41, 5.74) is 7.33. The molecule has 0 amide bonds. The molecule has 5 aromatic rings. The molecular formula is C27H22N6. The molecular weight excluding hydrogens is 408 g/mol. The second kappa shape index (κ2) is 9.33. The van der Waals surface area contributed by atoms with E-state index >= 15 is 0 Å². The zero-order valence-electron chi connectivity index (χ0n) is 18.2. The number of aromatic amines is 1. The number of fused-ring (bicyclic) bond motifs is 1. The van der Waals surface area contributed by atoms with Crippen LogP contribution in [0.4, 0.5) is 5.69 Å². The Morgan fingerprint density at radius 1 is 0.909 bits per heavy atom. The largest absolute Gasteiger partial charge is 0.380 e. The van der Waals surface area contributed by atoms with Crippen molar-refractivity contribution in [2.45, 2.75) is 19.9 Å². The minimum absolute atomic E-state index is 0.587. The smallest absolute Gasteiger partial charge is 0.205 e. The molecule has 3 aromatic carbocycles. The number of nitrogens with zero attached hydrogens (tertiary/aromatic N) is 4. The molecule has 0 aliphatic carbocycles. The van der Waals surface area contributed by atoms with E-state index in [1.807, 2.05) is 43.3 Å². The van der Waals surface area contributed by atoms with Gasteiger partial charge in [0.2, 0.25) is 5.82 Å². The molecule has 160 valence electrons. The van der Waals surface area contributed by atoms with Gasteiger partial charge in [-0.15, -0.1) is 16.1 Å². The molecule has 5 rings (SSSR count). The van der Waals surface area contributed by atoms with Gasteiger partial charge in [0.25, 0.3) is 0 Å². The lowest BCUT2D eigenvalue weighted by molar-refractivity contribution is 0.881. The van der Waals surface area contributed by atoms with Crippen molar-refractivity contribution in [1.29, 1.82) is 0 Å². The van der Waals surface area contributed by atoms with E-state index < -0.39 is 0 Å². The van der Waals surface area contributed by atoms with Gasteiger partial charge >= 0.3 is 0 Å². The molecule has 0 unspecified atom stereocenters. The number of H-pyrrole nitrogens is 1. The van der Waals surface area contributed by atoms with Gasteiger partial charge < -0.3 is 5.32 Å². The summed E-state index contributed by atoms with van der Waals surface area (Å²) in [7, 11) is 0. The summed E-state index contributed by atoms with van der Waals surface area (Å²) in [6.45, 7) is 2.56. The summed E-state index contributed by atoms with van der Waals surface area (Å²) >= 11 is 0. The predicted octanol–water partition coefficient (Wildman–Crippen LogP) is 5.26. The number of nitrogens with one attached hydrogen (secondary N) is 2. The number of rotatable bonds is 6. The minimum atomic E-state index is 0.587. The Kier molecular flexibility index (Phi) is 5.77. The minimum Gasteiger partial charge on any atom is -0.380 e. The molecule has 2 N–H and O–H groups in total. The Labute approximate surface area is 192 Å². The predicted molar refractivity (Wildman–Crippen MR) is 131 cm³/mol. The van der Waals surface area contributed by atoms with E-state index in [0.717, 1.165) is 39.0 Å². The van der Waals surface area contributed by atoms with Crippen molar-refractivity contribution in [3.63, 3.8) is 0 Å². The van der Waals surface area contributed by atoms with Crippen LogP contribution in [-0.2, 0) is 13.0 Å². The summed E-state index contributed by atoms with van der Waals surface area (Å²) in [5, 5.41) is 19.2. The van der Waals surface area contributed by atoms with Crippen molar-refractivity contribution >= 4 is 16.6 Å². The van der Waals surface area contributed by atoms with E-state index in [1.165, 1.54) is 5.56 Å². The number of benzene rings is 3. The average molecular weight is 431 g/mol. The van der Waals surface area contributed by atoms with E-state index in [1.54, 1.807) is 0 Å². The van der Waals surface area contributed by atoms with Crippen LogP contribution in [0, 0.1) is 11.8 Å². The first-order chi connectivity index (χ1) is 16.3. The third kappa shape index (κ3) is 4.43. The SMILES string of the molecule is CC#CCc1cc(NCc2ccc(-c3ccccc3-c3nn[nH]n3)cc2)c2ccccc2n1. The van der Waals surface area contributed by atoms with E-state index in [0.29, 0.717) is 18.8 Å². The van der Waals surface area contributed by atoms with Crippen LogP contribution in [0.2, 0.25) is 0 Å². The highest BCUT2D eigenvalue weighted by Gasteiger charge is 2.11. The molecule has 0 saturated heterocycles. The maximum absolute atomic E-state index is 4.74. The normalized spacial score (nSPS) is 10.6. The Bertz CT molecular complexity index is 1440. The van der Waals surface area contributed by atoms with Crippen molar-refractivity contribution in [3.05, 3.63) is 90.1 Å². The molecule has 0 spiro atoms. The van der Waals surface area contributed by atoms with Crippen LogP contribution < -0.4 is 5.32 Å². The first kappa shape index (κ1) is 20.4. The van der Waals surface area contributed by atoms with Gasteiger partial charge in [0, 0.05) is 23.2 Å². The van der Waals surface area contributed by atoms with Gasteiger partial charge in [-0.1, -0.05) is 72.7 Å². The summed E-state index contributed by atoms with van der Waals surface area (Å²) in [4.78, 5) is 4.74. The number of hydrogen-bond donors (Lipinski definition) is 2. The lowest BCUT2D eigenvalue weighted by Crippen LogP contribution is -2.02. The zero-order chi connectivity index (χ0) is 22.5. The van der Waals surface area contributed by atoms with Crippen LogP contribution in [0.5, 0.6) is 0 Å². The van der Waals surface area contributed by atoms with E-state index in [-0.39, 0.29) is 0 Å². The van der Waals surface area contributed by atoms with Crippen LogP contribution in [-0.4, -0.2) is 25.6 Å².